The van der Waals surface area contributed by atoms with Crippen LogP contribution in [0.15, 0.2) is 29.4 Å². The van der Waals surface area contributed by atoms with Crippen LogP contribution in [0.2, 0.25) is 0 Å². The van der Waals surface area contributed by atoms with E-state index in [2.05, 4.69) is 43.1 Å². The molecule has 1 aromatic carbocycles. The zero-order chi connectivity index (χ0) is 15.5. The maximum absolute atomic E-state index is 8.67. The lowest BCUT2D eigenvalue weighted by atomic mass is 9.75. The van der Waals surface area contributed by atoms with Crippen LogP contribution in [-0.2, 0) is 6.54 Å². The molecule has 2 rings (SSSR count). The van der Waals surface area contributed by atoms with Gasteiger partial charge in [0.1, 0.15) is 0 Å². The van der Waals surface area contributed by atoms with E-state index in [-0.39, 0.29) is 5.84 Å². The van der Waals surface area contributed by atoms with Crippen molar-refractivity contribution in [2.75, 3.05) is 7.05 Å². The standard InChI is InChI=1S/C17H27N3O/c1-17(2)10-8-15(9-11-17)20(3)12-13-4-6-14(7-5-13)16(18)19-21/h4-7,15,21H,8-12H2,1-3H3,(H2,18,19). The van der Waals surface area contributed by atoms with Crippen molar-refractivity contribution < 1.29 is 5.21 Å². The maximum Gasteiger partial charge on any atom is 0.170 e. The van der Waals surface area contributed by atoms with Gasteiger partial charge in [-0.1, -0.05) is 43.3 Å². The highest BCUT2D eigenvalue weighted by Crippen LogP contribution is 2.36. The molecule has 0 aliphatic heterocycles. The number of oxime groups is 1. The molecule has 0 radical (unpaired) electrons. The van der Waals surface area contributed by atoms with Crippen LogP contribution in [0.3, 0.4) is 0 Å². The van der Waals surface area contributed by atoms with Crippen LogP contribution in [0.5, 0.6) is 0 Å². The number of hydrogen-bond donors (Lipinski definition) is 2. The molecular weight excluding hydrogens is 262 g/mol. The van der Waals surface area contributed by atoms with Crippen LogP contribution >= 0.6 is 0 Å². The van der Waals surface area contributed by atoms with Gasteiger partial charge in [-0.3, -0.25) is 4.90 Å². The van der Waals surface area contributed by atoms with Crippen molar-refractivity contribution in [2.24, 2.45) is 16.3 Å². The van der Waals surface area contributed by atoms with Gasteiger partial charge in [0.15, 0.2) is 5.84 Å². The summed E-state index contributed by atoms with van der Waals surface area (Å²) in [6, 6.07) is 8.60. The van der Waals surface area contributed by atoms with Gasteiger partial charge in [0.05, 0.1) is 0 Å². The van der Waals surface area contributed by atoms with Crippen molar-refractivity contribution in [3.05, 3.63) is 35.4 Å². The largest absolute Gasteiger partial charge is 0.409 e. The Morgan fingerprint density at radius 2 is 1.86 bits per heavy atom. The van der Waals surface area contributed by atoms with Gasteiger partial charge in [-0.2, -0.15) is 0 Å². The lowest BCUT2D eigenvalue weighted by Gasteiger charge is -2.38. The second-order valence-electron chi connectivity index (χ2n) is 6.99. The number of benzene rings is 1. The molecule has 3 N–H and O–H groups in total. The van der Waals surface area contributed by atoms with Gasteiger partial charge in [0.25, 0.3) is 0 Å². The normalized spacial score (nSPS) is 19.9. The summed E-state index contributed by atoms with van der Waals surface area (Å²) in [7, 11) is 2.21. The Bertz CT molecular complexity index is 483. The molecule has 1 fully saturated rings. The summed E-state index contributed by atoms with van der Waals surface area (Å²) in [5.74, 6) is 0.157. The summed E-state index contributed by atoms with van der Waals surface area (Å²) >= 11 is 0. The molecule has 0 saturated heterocycles. The molecule has 116 valence electrons. The van der Waals surface area contributed by atoms with Gasteiger partial charge in [-0.15, -0.1) is 0 Å². The molecule has 0 amide bonds. The van der Waals surface area contributed by atoms with E-state index in [9.17, 15) is 0 Å². The van der Waals surface area contributed by atoms with E-state index >= 15 is 0 Å². The molecule has 4 nitrogen and oxygen atoms in total. The molecular formula is C17H27N3O. The van der Waals surface area contributed by atoms with Gasteiger partial charge in [0, 0.05) is 18.2 Å². The molecule has 1 aromatic rings. The SMILES string of the molecule is CN(Cc1ccc(/C(N)=N/O)cc1)C1CCC(C)(C)CC1. The predicted molar refractivity (Wildman–Crippen MR) is 86.5 cm³/mol. The molecule has 0 atom stereocenters. The van der Waals surface area contributed by atoms with E-state index in [0.717, 1.165) is 12.1 Å². The van der Waals surface area contributed by atoms with Crippen LogP contribution < -0.4 is 5.73 Å². The number of amidine groups is 1. The zero-order valence-corrected chi connectivity index (χ0v) is 13.3. The van der Waals surface area contributed by atoms with Gasteiger partial charge in [0.2, 0.25) is 0 Å². The maximum atomic E-state index is 8.67. The number of nitrogens with two attached hydrogens (primary N) is 1. The van der Waals surface area contributed by atoms with Crippen molar-refractivity contribution in [1.29, 1.82) is 0 Å². The molecule has 0 bridgehead atoms. The van der Waals surface area contributed by atoms with E-state index in [1.54, 1.807) is 0 Å². The van der Waals surface area contributed by atoms with Gasteiger partial charge >= 0.3 is 0 Å². The topological polar surface area (TPSA) is 61.8 Å². The van der Waals surface area contributed by atoms with Crippen molar-refractivity contribution in [1.82, 2.24) is 4.90 Å². The van der Waals surface area contributed by atoms with E-state index in [1.807, 2.05) is 12.1 Å². The molecule has 4 heteroatoms. The van der Waals surface area contributed by atoms with E-state index < -0.39 is 0 Å². The van der Waals surface area contributed by atoms with Gasteiger partial charge in [-0.25, -0.2) is 0 Å². The first-order chi connectivity index (χ1) is 9.91. The quantitative estimate of drug-likeness (QED) is 0.387. The van der Waals surface area contributed by atoms with Crippen molar-refractivity contribution in [2.45, 2.75) is 52.1 Å². The molecule has 0 spiro atoms. The first kappa shape index (κ1) is 15.8. The van der Waals surface area contributed by atoms with Crippen molar-refractivity contribution in [3.63, 3.8) is 0 Å². The van der Waals surface area contributed by atoms with E-state index in [4.69, 9.17) is 10.9 Å². The lowest BCUT2D eigenvalue weighted by molar-refractivity contribution is 0.123. The van der Waals surface area contributed by atoms with Crippen molar-refractivity contribution in [3.8, 4) is 0 Å². The Morgan fingerprint density at radius 1 is 1.29 bits per heavy atom. The summed E-state index contributed by atoms with van der Waals surface area (Å²) in [6.45, 7) is 5.69. The second-order valence-corrected chi connectivity index (χ2v) is 6.99. The Balaban J connectivity index is 1.92. The number of nitrogens with zero attached hydrogens (tertiary/aromatic N) is 2. The predicted octanol–water partition coefficient (Wildman–Crippen LogP) is 3.18. The smallest absolute Gasteiger partial charge is 0.170 e. The third-order valence-corrected chi connectivity index (χ3v) is 4.72. The third-order valence-electron chi connectivity index (χ3n) is 4.72. The third kappa shape index (κ3) is 4.21. The van der Waals surface area contributed by atoms with E-state index in [0.29, 0.717) is 11.5 Å². The van der Waals surface area contributed by atoms with Crippen LogP contribution in [-0.4, -0.2) is 29.0 Å². The Kier molecular flexibility index (Phi) is 4.88. The average Bonchev–Trinajstić information content (AvgIpc) is 2.47. The molecule has 0 unspecified atom stereocenters. The number of rotatable bonds is 4. The monoisotopic (exact) mass is 289 g/mol. The summed E-state index contributed by atoms with van der Waals surface area (Å²) in [5, 5.41) is 11.7. The van der Waals surface area contributed by atoms with Crippen LogP contribution in [0.1, 0.15) is 50.7 Å². The van der Waals surface area contributed by atoms with Crippen molar-refractivity contribution >= 4 is 5.84 Å². The van der Waals surface area contributed by atoms with Crippen LogP contribution in [0.4, 0.5) is 0 Å². The summed E-state index contributed by atoms with van der Waals surface area (Å²) in [5.41, 5.74) is 8.11. The molecule has 1 aliphatic carbocycles. The lowest BCUT2D eigenvalue weighted by Crippen LogP contribution is -2.36. The summed E-state index contributed by atoms with van der Waals surface area (Å²) in [4.78, 5) is 2.45. The average molecular weight is 289 g/mol. The minimum Gasteiger partial charge on any atom is -0.409 e. The highest BCUT2D eigenvalue weighted by Gasteiger charge is 2.28. The molecule has 21 heavy (non-hydrogen) atoms. The Hall–Kier alpha value is -1.55. The number of hydrogen-bond acceptors (Lipinski definition) is 3. The first-order valence-corrected chi connectivity index (χ1v) is 7.68. The van der Waals surface area contributed by atoms with Crippen LogP contribution in [0.25, 0.3) is 0 Å². The first-order valence-electron chi connectivity index (χ1n) is 7.68. The fourth-order valence-corrected chi connectivity index (χ4v) is 3.08. The Labute approximate surface area is 127 Å². The highest BCUT2D eigenvalue weighted by atomic mass is 16.4. The molecule has 0 aromatic heterocycles. The molecule has 0 heterocycles. The molecule has 1 aliphatic rings. The van der Waals surface area contributed by atoms with Gasteiger partial charge < -0.3 is 10.9 Å². The van der Waals surface area contributed by atoms with Gasteiger partial charge in [-0.05, 0) is 43.7 Å². The van der Waals surface area contributed by atoms with Crippen LogP contribution in [0, 0.1) is 5.41 Å². The zero-order valence-electron chi connectivity index (χ0n) is 13.3. The fraction of sp³-hybridized carbons (Fsp3) is 0.588. The summed E-state index contributed by atoms with van der Waals surface area (Å²) < 4.78 is 0. The minimum atomic E-state index is 0.157. The Morgan fingerprint density at radius 3 is 2.38 bits per heavy atom. The molecule has 1 saturated carbocycles. The minimum absolute atomic E-state index is 0.157. The fourth-order valence-electron chi connectivity index (χ4n) is 3.08. The summed E-state index contributed by atoms with van der Waals surface area (Å²) in [6.07, 6.45) is 5.19. The second kappa shape index (κ2) is 6.48. The highest BCUT2D eigenvalue weighted by molar-refractivity contribution is 5.96. The van der Waals surface area contributed by atoms with E-state index in [1.165, 1.54) is 31.2 Å².